The second kappa shape index (κ2) is 6.35. The molecule has 0 atom stereocenters. The van der Waals surface area contributed by atoms with E-state index in [-0.39, 0.29) is 11.9 Å². The molecule has 0 radical (unpaired) electrons. The Kier molecular flexibility index (Phi) is 4.43. The molecule has 1 saturated heterocycles. The molecule has 124 valence electrons. The molecule has 1 aliphatic heterocycles. The summed E-state index contributed by atoms with van der Waals surface area (Å²) in [7, 11) is 2.65. The summed E-state index contributed by atoms with van der Waals surface area (Å²) in [6, 6.07) is 5.75. The van der Waals surface area contributed by atoms with Crippen molar-refractivity contribution in [3.8, 4) is 5.75 Å². The van der Waals surface area contributed by atoms with Crippen LogP contribution in [0.4, 0.5) is 0 Å². The normalized spacial score (nSPS) is 21.3. The third-order valence-corrected chi connectivity index (χ3v) is 5.95. The van der Waals surface area contributed by atoms with E-state index in [0.29, 0.717) is 28.6 Å². The Labute approximate surface area is 138 Å². The van der Waals surface area contributed by atoms with Gasteiger partial charge in [0.05, 0.1) is 7.11 Å². The third-order valence-electron chi connectivity index (χ3n) is 4.57. The van der Waals surface area contributed by atoms with Gasteiger partial charge in [-0.3, -0.25) is 9.00 Å². The van der Waals surface area contributed by atoms with Crippen molar-refractivity contribution in [1.29, 1.82) is 0 Å². The van der Waals surface area contributed by atoms with E-state index in [2.05, 4.69) is 0 Å². The van der Waals surface area contributed by atoms with E-state index in [1.807, 2.05) is 25.1 Å². The van der Waals surface area contributed by atoms with Gasteiger partial charge in [0.2, 0.25) is 0 Å². The maximum atomic E-state index is 12.8. The highest BCUT2D eigenvalue weighted by Crippen LogP contribution is 2.33. The highest BCUT2D eigenvalue weighted by Gasteiger charge is 2.29. The van der Waals surface area contributed by atoms with Crippen molar-refractivity contribution >= 4 is 27.7 Å². The molecule has 2 heterocycles. The molecule has 0 N–H and O–H groups in total. The van der Waals surface area contributed by atoms with Crippen molar-refractivity contribution in [1.82, 2.24) is 4.90 Å². The van der Waals surface area contributed by atoms with Gasteiger partial charge in [-0.2, -0.15) is 0 Å². The number of nitrogens with zero attached hydrogens (tertiary/aromatic N) is 1. The SMILES string of the molecule is COc1cccc2c(C)c(C(=O)N(C)C3CCS(=O)CC3)oc12. The second-order valence-corrected chi connectivity index (χ2v) is 7.58. The summed E-state index contributed by atoms with van der Waals surface area (Å²) in [5.41, 5.74) is 1.43. The first-order valence-corrected chi connectivity index (χ1v) is 9.20. The highest BCUT2D eigenvalue weighted by atomic mass is 32.2. The first-order valence-electron chi connectivity index (χ1n) is 7.71. The molecule has 0 saturated carbocycles. The Balaban J connectivity index is 1.91. The quantitative estimate of drug-likeness (QED) is 0.865. The largest absolute Gasteiger partial charge is 0.493 e. The molecule has 1 aliphatic rings. The van der Waals surface area contributed by atoms with Crippen LogP contribution in [0, 0.1) is 6.92 Å². The molecule has 0 unspecified atom stereocenters. The van der Waals surface area contributed by atoms with Crippen LogP contribution in [-0.4, -0.2) is 46.7 Å². The maximum Gasteiger partial charge on any atom is 0.289 e. The summed E-state index contributed by atoms with van der Waals surface area (Å²) in [5.74, 6) is 2.18. The third kappa shape index (κ3) is 2.87. The van der Waals surface area contributed by atoms with Crippen LogP contribution in [-0.2, 0) is 10.8 Å². The fraction of sp³-hybridized carbons (Fsp3) is 0.471. The zero-order valence-electron chi connectivity index (χ0n) is 13.6. The molecule has 3 rings (SSSR count). The summed E-state index contributed by atoms with van der Waals surface area (Å²) in [6.07, 6.45) is 1.55. The molecule has 1 fully saturated rings. The summed E-state index contributed by atoms with van der Waals surface area (Å²) >= 11 is 0. The number of carbonyl (C=O) groups is 1. The molecule has 1 aromatic carbocycles. The number of methoxy groups -OCH3 is 1. The lowest BCUT2D eigenvalue weighted by Gasteiger charge is -2.30. The summed E-state index contributed by atoms with van der Waals surface area (Å²) < 4.78 is 22.6. The first-order chi connectivity index (χ1) is 11.0. The van der Waals surface area contributed by atoms with E-state index in [1.54, 1.807) is 19.1 Å². The zero-order valence-corrected chi connectivity index (χ0v) is 14.4. The number of benzene rings is 1. The van der Waals surface area contributed by atoms with E-state index >= 15 is 0 Å². The van der Waals surface area contributed by atoms with Gasteiger partial charge in [-0.25, -0.2) is 0 Å². The maximum absolute atomic E-state index is 12.8. The number of amides is 1. The molecule has 1 aromatic heterocycles. The van der Waals surface area contributed by atoms with Crippen molar-refractivity contribution in [3.05, 3.63) is 29.5 Å². The van der Waals surface area contributed by atoms with Gasteiger partial charge >= 0.3 is 0 Å². The zero-order chi connectivity index (χ0) is 16.6. The lowest BCUT2D eigenvalue weighted by atomic mass is 10.1. The van der Waals surface area contributed by atoms with Gasteiger partial charge in [0.1, 0.15) is 0 Å². The van der Waals surface area contributed by atoms with Gasteiger partial charge < -0.3 is 14.1 Å². The Bertz CT molecular complexity index is 757. The molecule has 6 heteroatoms. The van der Waals surface area contributed by atoms with Crippen molar-refractivity contribution < 1.29 is 18.2 Å². The predicted octanol–water partition coefficient (Wildman–Crippen LogP) is 2.73. The number of carbonyl (C=O) groups excluding carboxylic acids is 1. The number of hydrogen-bond acceptors (Lipinski definition) is 4. The fourth-order valence-electron chi connectivity index (χ4n) is 3.08. The highest BCUT2D eigenvalue weighted by molar-refractivity contribution is 7.85. The van der Waals surface area contributed by atoms with Crippen LogP contribution in [0.15, 0.2) is 22.6 Å². The van der Waals surface area contributed by atoms with Gasteiger partial charge in [-0.05, 0) is 25.8 Å². The first kappa shape index (κ1) is 16.1. The van der Waals surface area contributed by atoms with Crippen LogP contribution in [0.1, 0.15) is 29.0 Å². The Morgan fingerprint density at radius 3 is 2.70 bits per heavy atom. The smallest absolute Gasteiger partial charge is 0.289 e. The van der Waals surface area contributed by atoms with E-state index in [0.717, 1.165) is 23.8 Å². The summed E-state index contributed by atoms with van der Waals surface area (Å²) in [5, 5.41) is 0.894. The van der Waals surface area contributed by atoms with Gasteiger partial charge in [0.25, 0.3) is 5.91 Å². The second-order valence-electron chi connectivity index (χ2n) is 5.89. The molecule has 0 spiro atoms. The number of furan rings is 1. The number of para-hydroxylation sites is 1. The summed E-state index contributed by atoms with van der Waals surface area (Å²) in [6.45, 7) is 1.89. The fourth-order valence-corrected chi connectivity index (χ4v) is 4.35. The molecule has 1 amide bonds. The average molecular weight is 335 g/mol. The minimum atomic E-state index is -0.734. The number of rotatable bonds is 3. The Hall–Kier alpha value is -1.82. The van der Waals surface area contributed by atoms with Crippen LogP contribution in [0.3, 0.4) is 0 Å². The van der Waals surface area contributed by atoms with E-state index < -0.39 is 10.8 Å². The van der Waals surface area contributed by atoms with Crippen LogP contribution in [0.25, 0.3) is 11.0 Å². The summed E-state index contributed by atoms with van der Waals surface area (Å²) in [4.78, 5) is 14.6. The van der Waals surface area contributed by atoms with E-state index in [4.69, 9.17) is 9.15 Å². The molecule has 0 aliphatic carbocycles. The van der Waals surface area contributed by atoms with E-state index in [9.17, 15) is 9.00 Å². The van der Waals surface area contributed by atoms with Gasteiger partial charge in [-0.1, -0.05) is 12.1 Å². The minimum absolute atomic E-state index is 0.120. The number of aryl methyl sites for hydroxylation is 1. The standard InChI is InChI=1S/C17H21NO4S/c1-11-13-5-4-6-14(21-3)16(13)22-15(11)17(19)18(2)12-7-9-23(20)10-8-12/h4-6,12H,7-10H2,1-3H3. The van der Waals surface area contributed by atoms with Gasteiger partial charge in [0, 0.05) is 46.3 Å². The Morgan fingerprint density at radius 2 is 2.04 bits per heavy atom. The number of fused-ring (bicyclic) bond motifs is 1. The van der Waals surface area contributed by atoms with Gasteiger partial charge in [-0.15, -0.1) is 0 Å². The molecular formula is C17H21NO4S. The average Bonchev–Trinajstić information content (AvgIpc) is 2.91. The van der Waals surface area contributed by atoms with Crippen molar-refractivity contribution in [2.24, 2.45) is 0 Å². The van der Waals surface area contributed by atoms with Crippen LogP contribution in [0.5, 0.6) is 5.75 Å². The minimum Gasteiger partial charge on any atom is -0.493 e. The van der Waals surface area contributed by atoms with Crippen molar-refractivity contribution in [3.63, 3.8) is 0 Å². The van der Waals surface area contributed by atoms with Crippen LogP contribution < -0.4 is 4.74 Å². The Morgan fingerprint density at radius 1 is 1.35 bits per heavy atom. The molecule has 23 heavy (non-hydrogen) atoms. The number of ether oxygens (including phenoxy) is 1. The molecule has 2 aromatic rings. The van der Waals surface area contributed by atoms with Crippen LogP contribution >= 0.6 is 0 Å². The molecule has 5 nitrogen and oxygen atoms in total. The lowest BCUT2D eigenvalue weighted by molar-refractivity contribution is 0.0691. The van der Waals surface area contributed by atoms with Crippen molar-refractivity contribution in [2.75, 3.05) is 25.7 Å². The molecule has 0 bridgehead atoms. The molecular weight excluding hydrogens is 314 g/mol. The predicted molar refractivity (Wildman–Crippen MR) is 90.5 cm³/mol. The van der Waals surface area contributed by atoms with Crippen LogP contribution in [0.2, 0.25) is 0 Å². The van der Waals surface area contributed by atoms with Crippen molar-refractivity contribution in [2.45, 2.75) is 25.8 Å². The van der Waals surface area contributed by atoms with E-state index in [1.165, 1.54) is 0 Å². The van der Waals surface area contributed by atoms with Gasteiger partial charge in [0.15, 0.2) is 17.1 Å². The lowest BCUT2D eigenvalue weighted by Crippen LogP contribution is -2.41. The topological polar surface area (TPSA) is 59.8 Å². The number of hydrogen-bond donors (Lipinski definition) is 0. The monoisotopic (exact) mass is 335 g/mol.